The van der Waals surface area contributed by atoms with Crippen LogP contribution in [0.3, 0.4) is 0 Å². The summed E-state index contributed by atoms with van der Waals surface area (Å²) in [6.45, 7) is 1.44. The third-order valence-electron chi connectivity index (χ3n) is 3.05. The van der Waals surface area contributed by atoms with E-state index in [1.54, 1.807) is 12.1 Å². The molecule has 0 amide bonds. The van der Waals surface area contributed by atoms with Crippen LogP contribution in [0, 0.1) is 0 Å². The van der Waals surface area contributed by atoms with Crippen LogP contribution < -0.4 is 0 Å². The van der Waals surface area contributed by atoms with Crippen LogP contribution in [0.15, 0.2) is 18.3 Å². The van der Waals surface area contributed by atoms with Gasteiger partial charge >= 0.3 is 5.97 Å². The van der Waals surface area contributed by atoms with E-state index in [0.29, 0.717) is 17.8 Å². The summed E-state index contributed by atoms with van der Waals surface area (Å²) in [5.74, 6) is -0.436. The Morgan fingerprint density at radius 2 is 2.39 bits per heavy atom. The fraction of sp³-hybridized carbons (Fsp3) is 0.417. The lowest BCUT2D eigenvalue weighted by molar-refractivity contribution is 0.0594. The van der Waals surface area contributed by atoms with E-state index >= 15 is 0 Å². The van der Waals surface area contributed by atoms with Crippen LogP contribution in [-0.2, 0) is 9.47 Å². The normalized spacial score (nSPS) is 19.3. The van der Waals surface area contributed by atoms with E-state index in [1.165, 1.54) is 7.11 Å². The summed E-state index contributed by atoms with van der Waals surface area (Å²) in [7, 11) is 1.34. The summed E-state index contributed by atoms with van der Waals surface area (Å²) in [4.78, 5) is 15.6. The van der Waals surface area contributed by atoms with Crippen molar-refractivity contribution in [2.24, 2.45) is 0 Å². The standard InChI is InChI=1S/C12H13N3O3/c1-17-12(16)10-3-2-9-11(13-10)6-15(14-9)8-4-5-18-7-8/h2-3,6,8H,4-5,7H2,1H3. The number of carbonyl (C=O) groups is 1. The lowest BCUT2D eigenvalue weighted by atomic mass is 10.3. The number of carbonyl (C=O) groups excluding carboxylic acids is 1. The zero-order valence-electron chi connectivity index (χ0n) is 10.00. The molecule has 2 aromatic rings. The van der Waals surface area contributed by atoms with Gasteiger partial charge in [-0.15, -0.1) is 0 Å². The van der Waals surface area contributed by atoms with Crippen molar-refractivity contribution in [1.82, 2.24) is 14.8 Å². The maximum atomic E-state index is 11.4. The molecule has 1 atom stereocenters. The highest BCUT2D eigenvalue weighted by Crippen LogP contribution is 2.20. The molecule has 0 bridgehead atoms. The predicted octanol–water partition coefficient (Wildman–Crippen LogP) is 1.18. The summed E-state index contributed by atoms with van der Waals surface area (Å²) in [5, 5.41) is 4.44. The molecule has 6 nitrogen and oxygen atoms in total. The van der Waals surface area contributed by atoms with Crippen LogP contribution in [0.25, 0.3) is 11.0 Å². The molecule has 0 radical (unpaired) electrons. The molecular formula is C12H13N3O3. The smallest absolute Gasteiger partial charge is 0.356 e. The molecule has 0 spiro atoms. The van der Waals surface area contributed by atoms with E-state index in [2.05, 4.69) is 14.8 Å². The maximum Gasteiger partial charge on any atom is 0.356 e. The molecule has 1 unspecified atom stereocenters. The number of nitrogens with zero attached hydrogens (tertiary/aromatic N) is 3. The number of pyridine rings is 1. The first-order valence-corrected chi connectivity index (χ1v) is 5.80. The average Bonchev–Trinajstić information content (AvgIpc) is 3.04. The molecule has 0 aliphatic carbocycles. The van der Waals surface area contributed by atoms with E-state index in [1.807, 2.05) is 10.9 Å². The molecule has 6 heteroatoms. The van der Waals surface area contributed by atoms with Gasteiger partial charge in [0, 0.05) is 6.61 Å². The Balaban J connectivity index is 1.98. The molecule has 0 saturated carbocycles. The molecule has 1 fully saturated rings. The SMILES string of the molecule is COC(=O)c1ccc2nn(C3CCOC3)cc2n1. The minimum atomic E-state index is -0.436. The Morgan fingerprint density at radius 3 is 3.11 bits per heavy atom. The number of hydrogen-bond acceptors (Lipinski definition) is 5. The number of methoxy groups -OCH3 is 1. The van der Waals surface area contributed by atoms with Crippen molar-refractivity contribution in [3.8, 4) is 0 Å². The molecule has 3 heterocycles. The van der Waals surface area contributed by atoms with Crippen LogP contribution in [0.4, 0.5) is 0 Å². The Hall–Kier alpha value is -1.95. The van der Waals surface area contributed by atoms with Gasteiger partial charge in [-0.1, -0.05) is 0 Å². The van der Waals surface area contributed by atoms with Gasteiger partial charge in [-0.25, -0.2) is 9.78 Å². The van der Waals surface area contributed by atoms with Crippen LogP contribution in [0.5, 0.6) is 0 Å². The first-order chi connectivity index (χ1) is 8.78. The molecule has 2 aromatic heterocycles. The van der Waals surface area contributed by atoms with E-state index in [0.717, 1.165) is 18.5 Å². The number of rotatable bonds is 2. The van der Waals surface area contributed by atoms with Gasteiger partial charge in [-0.05, 0) is 18.6 Å². The van der Waals surface area contributed by atoms with Gasteiger partial charge in [0.05, 0.1) is 26.0 Å². The fourth-order valence-electron chi connectivity index (χ4n) is 2.06. The maximum absolute atomic E-state index is 11.4. The minimum absolute atomic E-state index is 0.265. The molecule has 0 aromatic carbocycles. The Morgan fingerprint density at radius 1 is 1.50 bits per heavy atom. The molecule has 1 aliphatic rings. The number of fused-ring (bicyclic) bond motifs is 1. The molecule has 18 heavy (non-hydrogen) atoms. The number of ether oxygens (including phenoxy) is 2. The molecule has 3 rings (SSSR count). The van der Waals surface area contributed by atoms with E-state index in [-0.39, 0.29) is 6.04 Å². The molecule has 1 aliphatic heterocycles. The van der Waals surface area contributed by atoms with Gasteiger partial charge < -0.3 is 9.47 Å². The highest BCUT2D eigenvalue weighted by molar-refractivity contribution is 5.90. The number of aromatic nitrogens is 3. The largest absolute Gasteiger partial charge is 0.464 e. The highest BCUT2D eigenvalue weighted by atomic mass is 16.5. The van der Waals surface area contributed by atoms with Crippen molar-refractivity contribution < 1.29 is 14.3 Å². The molecule has 0 N–H and O–H groups in total. The quantitative estimate of drug-likeness (QED) is 0.745. The van der Waals surface area contributed by atoms with Crippen molar-refractivity contribution in [2.75, 3.05) is 20.3 Å². The summed E-state index contributed by atoms with van der Waals surface area (Å²) >= 11 is 0. The zero-order chi connectivity index (χ0) is 12.5. The highest BCUT2D eigenvalue weighted by Gasteiger charge is 2.19. The van der Waals surface area contributed by atoms with E-state index < -0.39 is 5.97 Å². The Labute approximate surface area is 104 Å². The van der Waals surface area contributed by atoms with Crippen LogP contribution >= 0.6 is 0 Å². The predicted molar refractivity (Wildman–Crippen MR) is 63.3 cm³/mol. The second-order valence-corrected chi connectivity index (χ2v) is 4.22. The van der Waals surface area contributed by atoms with Crippen LogP contribution in [-0.4, -0.2) is 41.1 Å². The lowest BCUT2D eigenvalue weighted by Crippen LogP contribution is -2.08. The molecule has 1 saturated heterocycles. The number of esters is 1. The Kier molecular flexibility index (Phi) is 2.71. The molecular weight excluding hydrogens is 234 g/mol. The molecule has 94 valence electrons. The number of hydrogen-bond donors (Lipinski definition) is 0. The minimum Gasteiger partial charge on any atom is -0.464 e. The summed E-state index contributed by atoms with van der Waals surface area (Å²) < 4.78 is 11.8. The summed E-state index contributed by atoms with van der Waals surface area (Å²) in [5.41, 5.74) is 1.77. The van der Waals surface area contributed by atoms with Crippen molar-refractivity contribution in [1.29, 1.82) is 0 Å². The first kappa shape index (κ1) is 11.2. The van der Waals surface area contributed by atoms with Gasteiger partial charge in [0.1, 0.15) is 16.7 Å². The Bertz CT molecular complexity index is 587. The van der Waals surface area contributed by atoms with E-state index in [9.17, 15) is 4.79 Å². The third-order valence-corrected chi connectivity index (χ3v) is 3.05. The second kappa shape index (κ2) is 4.38. The van der Waals surface area contributed by atoms with Crippen molar-refractivity contribution in [2.45, 2.75) is 12.5 Å². The van der Waals surface area contributed by atoms with Gasteiger partial charge in [0.25, 0.3) is 0 Å². The topological polar surface area (TPSA) is 66.2 Å². The summed E-state index contributed by atoms with van der Waals surface area (Å²) in [6, 6.07) is 3.66. The van der Waals surface area contributed by atoms with Gasteiger partial charge in [0.15, 0.2) is 0 Å². The average molecular weight is 247 g/mol. The first-order valence-electron chi connectivity index (χ1n) is 5.80. The van der Waals surface area contributed by atoms with Crippen LogP contribution in [0.1, 0.15) is 23.0 Å². The van der Waals surface area contributed by atoms with Crippen LogP contribution in [0.2, 0.25) is 0 Å². The third kappa shape index (κ3) is 1.84. The van der Waals surface area contributed by atoms with Crippen molar-refractivity contribution >= 4 is 17.0 Å². The van der Waals surface area contributed by atoms with Crippen molar-refractivity contribution in [3.63, 3.8) is 0 Å². The van der Waals surface area contributed by atoms with E-state index in [4.69, 9.17) is 4.74 Å². The zero-order valence-corrected chi connectivity index (χ0v) is 10.00. The van der Waals surface area contributed by atoms with Crippen molar-refractivity contribution in [3.05, 3.63) is 24.0 Å². The monoisotopic (exact) mass is 247 g/mol. The second-order valence-electron chi connectivity index (χ2n) is 4.22. The lowest BCUT2D eigenvalue weighted by Gasteiger charge is -2.05. The van der Waals surface area contributed by atoms with Gasteiger partial charge in [-0.2, -0.15) is 5.10 Å². The van der Waals surface area contributed by atoms with Gasteiger partial charge in [0.2, 0.25) is 0 Å². The summed E-state index contributed by atoms with van der Waals surface area (Å²) in [6.07, 6.45) is 2.80. The van der Waals surface area contributed by atoms with Gasteiger partial charge in [-0.3, -0.25) is 4.68 Å². The fourth-order valence-corrected chi connectivity index (χ4v) is 2.06.